The van der Waals surface area contributed by atoms with Gasteiger partial charge in [0.15, 0.2) is 0 Å². The Kier molecular flexibility index (Phi) is 165. The van der Waals surface area contributed by atoms with Gasteiger partial charge in [0.05, 0.1) is 0 Å². The zero-order valence-corrected chi connectivity index (χ0v) is 15.9. The molecule has 0 N–H and O–H groups in total. The van der Waals surface area contributed by atoms with Gasteiger partial charge in [-0.05, 0) is 0 Å². The minimum absolute atomic E-state index is 0. The van der Waals surface area contributed by atoms with Crippen molar-refractivity contribution in [2.75, 3.05) is 39.6 Å². The summed E-state index contributed by atoms with van der Waals surface area (Å²) in [5.41, 5.74) is 0. The van der Waals surface area contributed by atoms with Crippen molar-refractivity contribution in [3.8, 4) is 0 Å². The molecule has 0 spiro atoms. The molecule has 0 aliphatic carbocycles. The molecule has 25 heavy (non-hydrogen) atoms. The Labute approximate surface area is 158 Å². The Morgan fingerprint density at radius 1 is 0.360 bits per heavy atom. The van der Waals surface area contributed by atoms with Crippen LogP contribution < -0.4 is 30.6 Å². The van der Waals surface area contributed by atoms with Gasteiger partial charge in [0.1, 0.15) is 37.7 Å². The second-order valence-corrected chi connectivity index (χ2v) is 2.00. The van der Waals surface area contributed by atoms with E-state index in [1.807, 2.05) is 0 Å². The predicted molar refractivity (Wildman–Crippen MR) is 65.6 cm³/mol. The van der Waals surface area contributed by atoms with Crippen LogP contribution in [-0.2, 0) is 49.8 Å². The normalized spacial score (nSPS) is 6.00. The molecule has 0 aromatic heterocycles. The first-order valence-electron chi connectivity index (χ1n) is 5.60. The molecule has 0 fully saturated rings. The molecule has 0 atom stereocenters. The van der Waals surface area contributed by atoms with Gasteiger partial charge in [0.2, 0.25) is 0 Å². The van der Waals surface area contributed by atoms with E-state index < -0.39 is 39.6 Å². The fourth-order valence-corrected chi connectivity index (χ4v) is 0. The van der Waals surface area contributed by atoms with E-state index >= 15 is 0 Å². The van der Waals surface area contributed by atoms with E-state index in [-0.39, 0.29) is 21.1 Å². The van der Waals surface area contributed by atoms with E-state index in [0.29, 0.717) is 37.7 Å². The van der Waals surface area contributed by atoms with Crippen molar-refractivity contribution in [1.82, 2.24) is 0 Å². The zero-order chi connectivity index (χ0) is 20.5. The van der Waals surface area contributed by atoms with Crippen molar-refractivity contribution in [1.29, 1.82) is 0 Å². The summed E-state index contributed by atoms with van der Waals surface area (Å²) in [4.78, 5) is 53.2. The van der Waals surface area contributed by atoms with Crippen molar-refractivity contribution in [3.05, 3.63) is 0 Å². The maximum absolute atomic E-state index is 8.93. The van der Waals surface area contributed by atoms with Gasteiger partial charge in [-0.2, -0.15) is 0 Å². The minimum atomic E-state index is -0.611. The largest absolute Gasteiger partial charge is 0.849 e. The van der Waals surface area contributed by atoms with Gasteiger partial charge in [-0.1, -0.05) is 39.6 Å². The Morgan fingerprint density at radius 2 is 0.400 bits per heavy atom. The summed E-state index contributed by atoms with van der Waals surface area (Å²) < 4.78 is 0. The summed E-state index contributed by atoms with van der Waals surface area (Å²) in [6, 6.07) is 0. The Morgan fingerprint density at radius 3 is 0.400 bits per heavy atom. The summed E-state index contributed by atoms with van der Waals surface area (Å²) in [6.45, 7) is -3.67. The standard InChI is InChI=1S/6C2H3O2.W/c6*3-1-2-4;/h6*1H,2H2;/q6*-1;. The SMILES string of the molecule is O=CC[O-].O=CC[O-].O=CC[O-].O=CC[O-].O=CC[O-].O=CC[O-].[W]. The molecule has 12 nitrogen and oxygen atoms in total. The third-order valence-electron chi connectivity index (χ3n) is 0.408. The molecule has 0 heterocycles. The fraction of sp³-hybridized carbons (Fsp3) is 0.500. The average Bonchev–Trinajstić information content (AvgIpc) is 2.68. The molecule has 0 rings (SSSR count). The first-order chi connectivity index (χ1) is 11.5. The molecule has 150 valence electrons. The molecule has 0 amide bonds. The average molecular weight is 538 g/mol. The maximum atomic E-state index is 8.93. The molecular weight excluding hydrogens is 520 g/mol. The van der Waals surface area contributed by atoms with Crippen LogP contribution in [0.4, 0.5) is 0 Å². The topological polar surface area (TPSA) is 241 Å². The summed E-state index contributed by atoms with van der Waals surface area (Å²) in [5, 5.41) is 53.6. The van der Waals surface area contributed by atoms with Crippen LogP contribution in [0.25, 0.3) is 0 Å². The summed E-state index contributed by atoms with van der Waals surface area (Å²) in [5.74, 6) is 0. The Bertz CT molecular complexity index is 176. The number of aldehydes is 6. The van der Waals surface area contributed by atoms with Gasteiger partial charge in [-0.25, -0.2) is 0 Å². The van der Waals surface area contributed by atoms with E-state index in [4.69, 9.17) is 59.4 Å². The first kappa shape index (κ1) is 43.7. The van der Waals surface area contributed by atoms with Gasteiger partial charge in [-0.15, -0.1) is 0 Å². The van der Waals surface area contributed by atoms with E-state index in [2.05, 4.69) is 0 Å². The van der Waals surface area contributed by atoms with Crippen molar-refractivity contribution >= 4 is 37.7 Å². The number of rotatable bonds is 6. The van der Waals surface area contributed by atoms with Gasteiger partial charge >= 0.3 is 0 Å². The fourth-order valence-electron chi connectivity index (χ4n) is 0. The third-order valence-corrected chi connectivity index (χ3v) is 0.408. The molecule has 0 aromatic rings. The van der Waals surface area contributed by atoms with Crippen LogP contribution in [0.3, 0.4) is 0 Å². The molecule has 0 bridgehead atoms. The number of carbonyl (C=O) groups excluding carboxylic acids is 6. The third kappa shape index (κ3) is 471. The number of carbonyl (C=O) groups is 6. The van der Waals surface area contributed by atoms with Gasteiger partial charge < -0.3 is 59.4 Å². The van der Waals surface area contributed by atoms with E-state index in [1.165, 1.54) is 0 Å². The second-order valence-electron chi connectivity index (χ2n) is 2.00. The van der Waals surface area contributed by atoms with Crippen molar-refractivity contribution < 1.29 is 80.5 Å². The van der Waals surface area contributed by atoms with Crippen LogP contribution in [-0.4, -0.2) is 77.4 Å². The van der Waals surface area contributed by atoms with Crippen LogP contribution in [0.1, 0.15) is 0 Å². The monoisotopic (exact) mass is 538 g/mol. The molecule has 0 aliphatic rings. The van der Waals surface area contributed by atoms with Crippen LogP contribution >= 0.6 is 0 Å². The second kappa shape index (κ2) is 94.5. The van der Waals surface area contributed by atoms with E-state index in [0.717, 1.165) is 0 Å². The van der Waals surface area contributed by atoms with Crippen LogP contribution in [0.2, 0.25) is 0 Å². The smallest absolute Gasteiger partial charge is 0.103 e. The van der Waals surface area contributed by atoms with E-state index in [1.54, 1.807) is 0 Å². The van der Waals surface area contributed by atoms with Gasteiger partial charge in [0, 0.05) is 21.1 Å². The minimum Gasteiger partial charge on any atom is -0.849 e. The van der Waals surface area contributed by atoms with E-state index in [9.17, 15) is 0 Å². The quantitative estimate of drug-likeness (QED) is 0.287. The number of hydrogen-bond acceptors (Lipinski definition) is 12. The summed E-state index contributed by atoms with van der Waals surface area (Å²) in [6.07, 6.45) is 1.92. The molecular formula is C12H18O12W-6. The molecule has 0 radical (unpaired) electrons. The maximum Gasteiger partial charge on any atom is 0.103 e. The molecule has 0 aromatic carbocycles. The van der Waals surface area contributed by atoms with Crippen molar-refractivity contribution in [3.63, 3.8) is 0 Å². The Hall–Kier alpha value is -1.53. The molecule has 0 saturated carbocycles. The van der Waals surface area contributed by atoms with Crippen LogP contribution in [0.5, 0.6) is 0 Å². The van der Waals surface area contributed by atoms with Crippen LogP contribution in [0.15, 0.2) is 0 Å². The summed E-state index contributed by atoms with van der Waals surface area (Å²) in [7, 11) is 0. The van der Waals surface area contributed by atoms with Gasteiger partial charge in [0.25, 0.3) is 0 Å². The first-order valence-corrected chi connectivity index (χ1v) is 5.60. The predicted octanol–water partition coefficient (Wildman–Crippen LogP) is -8.73. The summed E-state index contributed by atoms with van der Waals surface area (Å²) >= 11 is 0. The Balaban J connectivity index is -0.0000000309. The molecule has 13 heteroatoms. The van der Waals surface area contributed by atoms with Crippen molar-refractivity contribution in [2.45, 2.75) is 0 Å². The zero-order valence-electron chi connectivity index (χ0n) is 13.0. The molecule has 0 saturated heterocycles. The van der Waals surface area contributed by atoms with Crippen LogP contribution in [0, 0.1) is 0 Å². The number of hydrogen-bond donors (Lipinski definition) is 0. The molecule has 0 aliphatic heterocycles. The molecule has 0 unspecified atom stereocenters. The van der Waals surface area contributed by atoms with Crippen molar-refractivity contribution in [2.24, 2.45) is 0 Å². The van der Waals surface area contributed by atoms with Gasteiger partial charge in [-0.3, -0.25) is 0 Å².